The topological polar surface area (TPSA) is 58.2 Å². The lowest BCUT2D eigenvalue weighted by molar-refractivity contribution is -0.121. The highest BCUT2D eigenvalue weighted by Gasteiger charge is 2.06. The van der Waals surface area contributed by atoms with Crippen molar-refractivity contribution >= 4 is 23.6 Å². The number of aryl methyl sites for hydroxylation is 1. The van der Waals surface area contributed by atoms with E-state index >= 15 is 0 Å². The van der Waals surface area contributed by atoms with Gasteiger partial charge < -0.3 is 10.6 Å². The van der Waals surface area contributed by atoms with Gasteiger partial charge in [-0.3, -0.25) is 9.59 Å². The number of hydrogen-bond donors (Lipinski definition) is 2. The highest BCUT2D eigenvalue weighted by Crippen LogP contribution is 2.14. The van der Waals surface area contributed by atoms with Crippen LogP contribution < -0.4 is 10.6 Å². The third kappa shape index (κ3) is 5.35. The van der Waals surface area contributed by atoms with Gasteiger partial charge in [-0.15, -0.1) is 0 Å². The standard InChI is InChI=1S/C19H19FN2O2/c1-2-15-5-3-4-6-17(15)22-19(24)13-21-18(23)12-9-14-7-10-16(20)11-8-14/h3-12H,2,13H2,1H3,(H,21,23)(H,22,24)/b12-9+. The van der Waals surface area contributed by atoms with Crippen LogP contribution in [0.3, 0.4) is 0 Å². The van der Waals surface area contributed by atoms with E-state index in [9.17, 15) is 14.0 Å². The number of carbonyl (C=O) groups excluding carboxylic acids is 2. The molecule has 0 aliphatic rings. The molecule has 2 aromatic carbocycles. The second kappa shape index (κ2) is 8.62. The molecule has 2 aromatic rings. The van der Waals surface area contributed by atoms with Gasteiger partial charge in [0.25, 0.3) is 0 Å². The Labute approximate surface area is 140 Å². The van der Waals surface area contributed by atoms with E-state index in [0.717, 1.165) is 17.7 Å². The van der Waals surface area contributed by atoms with Crippen LogP contribution in [-0.2, 0) is 16.0 Å². The highest BCUT2D eigenvalue weighted by atomic mass is 19.1. The largest absolute Gasteiger partial charge is 0.343 e. The first kappa shape index (κ1) is 17.4. The molecular weight excluding hydrogens is 307 g/mol. The Morgan fingerprint density at radius 2 is 1.79 bits per heavy atom. The van der Waals surface area contributed by atoms with E-state index in [1.807, 2.05) is 31.2 Å². The van der Waals surface area contributed by atoms with Crippen molar-refractivity contribution in [3.63, 3.8) is 0 Å². The van der Waals surface area contributed by atoms with Crippen LogP contribution in [0.15, 0.2) is 54.6 Å². The lowest BCUT2D eigenvalue weighted by atomic mass is 10.1. The zero-order valence-corrected chi connectivity index (χ0v) is 13.4. The Balaban J connectivity index is 1.82. The second-order valence-corrected chi connectivity index (χ2v) is 5.16. The van der Waals surface area contributed by atoms with Gasteiger partial charge in [0.15, 0.2) is 0 Å². The molecule has 0 aliphatic carbocycles. The molecule has 2 N–H and O–H groups in total. The quantitative estimate of drug-likeness (QED) is 0.801. The van der Waals surface area contributed by atoms with E-state index in [1.54, 1.807) is 18.2 Å². The maximum Gasteiger partial charge on any atom is 0.244 e. The fourth-order valence-corrected chi connectivity index (χ4v) is 2.12. The fourth-order valence-electron chi connectivity index (χ4n) is 2.12. The summed E-state index contributed by atoms with van der Waals surface area (Å²) in [5.74, 6) is -1.02. The van der Waals surface area contributed by atoms with Crippen LogP contribution >= 0.6 is 0 Å². The number of hydrogen-bond acceptors (Lipinski definition) is 2. The lowest BCUT2D eigenvalue weighted by Gasteiger charge is -2.09. The Morgan fingerprint density at radius 3 is 2.50 bits per heavy atom. The van der Waals surface area contributed by atoms with Gasteiger partial charge in [-0.1, -0.05) is 37.3 Å². The smallest absolute Gasteiger partial charge is 0.244 e. The average molecular weight is 326 g/mol. The van der Waals surface area contributed by atoms with E-state index in [-0.39, 0.29) is 18.3 Å². The number of benzene rings is 2. The maximum absolute atomic E-state index is 12.8. The molecule has 2 rings (SSSR count). The summed E-state index contributed by atoms with van der Waals surface area (Å²) in [5.41, 5.74) is 2.49. The third-order valence-electron chi connectivity index (χ3n) is 3.39. The molecule has 4 nitrogen and oxygen atoms in total. The molecule has 0 aliphatic heterocycles. The first-order valence-electron chi connectivity index (χ1n) is 7.67. The van der Waals surface area contributed by atoms with Gasteiger partial charge >= 0.3 is 0 Å². The van der Waals surface area contributed by atoms with Gasteiger partial charge in [0.05, 0.1) is 6.54 Å². The predicted molar refractivity (Wildman–Crippen MR) is 92.9 cm³/mol. The van der Waals surface area contributed by atoms with E-state index in [1.165, 1.54) is 18.2 Å². The van der Waals surface area contributed by atoms with E-state index < -0.39 is 5.91 Å². The molecule has 0 heterocycles. The Kier molecular flexibility index (Phi) is 6.25. The zero-order chi connectivity index (χ0) is 17.4. The first-order chi connectivity index (χ1) is 11.6. The summed E-state index contributed by atoms with van der Waals surface area (Å²) in [6.07, 6.45) is 3.67. The van der Waals surface area contributed by atoms with Gasteiger partial charge in [0.2, 0.25) is 11.8 Å². The maximum atomic E-state index is 12.8. The second-order valence-electron chi connectivity index (χ2n) is 5.16. The molecule has 0 bridgehead atoms. The van der Waals surface area contributed by atoms with Gasteiger partial charge in [-0.25, -0.2) is 4.39 Å². The normalized spacial score (nSPS) is 10.6. The fraction of sp³-hybridized carbons (Fsp3) is 0.158. The predicted octanol–water partition coefficient (Wildman–Crippen LogP) is 3.16. The van der Waals surface area contributed by atoms with Crippen molar-refractivity contribution < 1.29 is 14.0 Å². The summed E-state index contributed by atoms with van der Waals surface area (Å²) in [6, 6.07) is 13.3. The van der Waals surface area contributed by atoms with E-state index in [2.05, 4.69) is 10.6 Å². The minimum absolute atomic E-state index is 0.120. The van der Waals surface area contributed by atoms with Crippen molar-refractivity contribution in [2.45, 2.75) is 13.3 Å². The molecule has 0 saturated carbocycles. The summed E-state index contributed by atoms with van der Waals surface area (Å²) in [7, 11) is 0. The summed E-state index contributed by atoms with van der Waals surface area (Å²) in [6.45, 7) is 1.89. The number of amides is 2. The van der Waals surface area contributed by atoms with Gasteiger partial charge in [0, 0.05) is 11.8 Å². The van der Waals surface area contributed by atoms with Gasteiger partial charge in [0.1, 0.15) is 5.82 Å². The summed E-state index contributed by atoms with van der Waals surface area (Å²) in [4.78, 5) is 23.6. The Bertz CT molecular complexity index is 739. The molecule has 0 atom stereocenters. The molecule has 0 unspecified atom stereocenters. The number of rotatable bonds is 6. The molecule has 5 heteroatoms. The molecule has 0 fully saturated rings. The summed E-state index contributed by atoms with van der Waals surface area (Å²) < 4.78 is 12.8. The van der Waals surface area contributed by atoms with Crippen molar-refractivity contribution in [2.24, 2.45) is 0 Å². The van der Waals surface area contributed by atoms with Crippen LogP contribution in [0.5, 0.6) is 0 Å². The monoisotopic (exact) mass is 326 g/mol. The molecular formula is C19H19FN2O2. The summed E-state index contributed by atoms with van der Waals surface area (Å²) >= 11 is 0. The lowest BCUT2D eigenvalue weighted by Crippen LogP contribution is -2.31. The van der Waals surface area contributed by atoms with Gasteiger partial charge in [-0.05, 0) is 41.8 Å². The third-order valence-corrected chi connectivity index (χ3v) is 3.39. The van der Waals surface area contributed by atoms with Crippen molar-refractivity contribution in [3.05, 3.63) is 71.6 Å². The first-order valence-corrected chi connectivity index (χ1v) is 7.67. The SMILES string of the molecule is CCc1ccccc1NC(=O)CNC(=O)/C=C/c1ccc(F)cc1. The number of halogens is 1. The van der Waals surface area contributed by atoms with Crippen molar-refractivity contribution in [1.29, 1.82) is 0 Å². The van der Waals surface area contributed by atoms with Crippen LogP contribution in [0.25, 0.3) is 6.08 Å². The Hall–Kier alpha value is -2.95. The number of carbonyl (C=O) groups is 2. The zero-order valence-electron chi connectivity index (χ0n) is 13.4. The Morgan fingerprint density at radius 1 is 1.08 bits per heavy atom. The average Bonchev–Trinajstić information content (AvgIpc) is 2.60. The molecule has 0 aromatic heterocycles. The number of nitrogens with one attached hydrogen (secondary N) is 2. The molecule has 124 valence electrons. The molecule has 2 amide bonds. The minimum atomic E-state index is -0.391. The van der Waals surface area contributed by atoms with Gasteiger partial charge in [-0.2, -0.15) is 0 Å². The molecule has 0 spiro atoms. The van der Waals surface area contributed by atoms with Crippen LogP contribution in [0.1, 0.15) is 18.1 Å². The van der Waals surface area contributed by atoms with E-state index in [4.69, 9.17) is 0 Å². The van der Waals surface area contributed by atoms with Crippen molar-refractivity contribution in [2.75, 3.05) is 11.9 Å². The van der Waals surface area contributed by atoms with Crippen LogP contribution in [-0.4, -0.2) is 18.4 Å². The summed E-state index contributed by atoms with van der Waals surface area (Å²) in [5, 5.41) is 5.29. The minimum Gasteiger partial charge on any atom is -0.343 e. The number of anilines is 1. The van der Waals surface area contributed by atoms with Crippen LogP contribution in [0.4, 0.5) is 10.1 Å². The van der Waals surface area contributed by atoms with E-state index in [0.29, 0.717) is 5.56 Å². The van der Waals surface area contributed by atoms with Crippen LogP contribution in [0, 0.1) is 5.82 Å². The van der Waals surface area contributed by atoms with Crippen molar-refractivity contribution in [3.8, 4) is 0 Å². The molecule has 24 heavy (non-hydrogen) atoms. The molecule has 0 radical (unpaired) electrons. The van der Waals surface area contributed by atoms with Crippen LogP contribution in [0.2, 0.25) is 0 Å². The highest BCUT2D eigenvalue weighted by molar-refractivity contribution is 5.98. The van der Waals surface area contributed by atoms with Crippen molar-refractivity contribution in [1.82, 2.24) is 5.32 Å². The molecule has 0 saturated heterocycles. The number of para-hydroxylation sites is 1.